The first-order valence-corrected chi connectivity index (χ1v) is 10.9. The predicted octanol–water partition coefficient (Wildman–Crippen LogP) is 3.99. The van der Waals surface area contributed by atoms with E-state index in [9.17, 15) is 9.59 Å². The highest BCUT2D eigenvalue weighted by Crippen LogP contribution is 2.29. The molecule has 0 fully saturated rings. The van der Waals surface area contributed by atoms with Crippen LogP contribution in [-0.4, -0.2) is 46.3 Å². The molecule has 2 aromatic heterocycles. The van der Waals surface area contributed by atoms with Gasteiger partial charge in [0.25, 0.3) is 5.91 Å². The number of amides is 1. The van der Waals surface area contributed by atoms with Gasteiger partial charge in [0, 0.05) is 17.8 Å². The number of nitrogens with one attached hydrogen (secondary N) is 1. The molecule has 4 rings (SSSR count). The van der Waals surface area contributed by atoms with E-state index in [2.05, 4.69) is 15.4 Å². The van der Waals surface area contributed by atoms with E-state index in [0.29, 0.717) is 36.0 Å². The van der Waals surface area contributed by atoms with E-state index in [1.807, 2.05) is 50.2 Å². The first-order valence-electron chi connectivity index (χ1n) is 10.9. The molecule has 0 saturated carbocycles. The van der Waals surface area contributed by atoms with Gasteiger partial charge in [-0.25, -0.2) is 14.3 Å². The van der Waals surface area contributed by atoms with Crippen molar-refractivity contribution in [2.24, 2.45) is 0 Å². The van der Waals surface area contributed by atoms with Crippen molar-refractivity contribution in [3.8, 4) is 22.8 Å². The lowest BCUT2D eigenvalue weighted by molar-refractivity contribution is -0.119. The zero-order valence-electron chi connectivity index (χ0n) is 18.9. The van der Waals surface area contributed by atoms with Gasteiger partial charge in [-0.2, -0.15) is 5.10 Å². The van der Waals surface area contributed by atoms with Crippen LogP contribution in [0.3, 0.4) is 0 Å². The minimum Gasteiger partial charge on any atom is -0.494 e. The van der Waals surface area contributed by atoms with Crippen LogP contribution in [0.5, 0.6) is 11.5 Å². The van der Waals surface area contributed by atoms with Crippen LogP contribution in [-0.2, 0) is 9.53 Å². The fraction of sp³-hybridized carbons (Fsp3) is 0.200. The molecular formula is C25H24N4O5. The molecular weight excluding hydrogens is 436 g/mol. The van der Waals surface area contributed by atoms with Gasteiger partial charge in [0.15, 0.2) is 12.3 Å². The van der Waals surface area contributed by atoms with Crippen molar-refractivity contribution in [3.05, 3.63) is 72.6 Å². The van der Waals surface area contributed by atoms with Gasteiger partial charge in [0.2, 0.25) is 0 Å². The van der Waals surface area contributed by atoms with E-state index in [1.54, 1.807) is 28.9 Å². The molecule has 9 nitrogen and oxygen atoms in total. The summed E-state index contributed by atoms with van der Waals surface area (Å²) < 4.78 is 17.8. The fourth-order valence-electron chi connectivity index (χ4n) is 3.40. The number of carbonyl (C=O) groups is 2. The van der Waals surface area contributed by atoms with Crippen molar-refractivity contribution in [2.45, 2.75) is 13.8 Å². The third-order valence-electron chi connectivity index (χ3n) is 4.86. The molecule has 0 spiro atoms. The van der Waals surface area contributed by atoms with E-state index in [1.165, 1.54) is 6.20 Å². The summed E-state index contributed by atoms with van der Waals surface area (Å²) in [7, 11) is 0. The van der Waals surface area contributed by atoms with Crippen LogP contribution in [0.2, 0.25) is 0 Å². The zero-order chi connectivity index (χ0) is 23.9. The van der Waals surface area contributed by atoms with Gasteiger partial charge in [0.1, 0.15) is 17.1 Å². The van der Waals surface area contributed by atoms with Gasteiger partial charge in [-0.3, -0.25) is 4.79 Å². The average Bonchev–Trinajstić information content (AvgIpc) is 3.29. The van der Waals surface area contributed by atoms with Gasteiger partial charge in [-0.15, -0.1) is 0 Å². The number of carbonyl (C=O) groups excluding carboxylic acids is 2. The normalized spacial score (nSPS) is 10.6. The molecule has 2 aromatic carbocycles. The van der Waals surface area contributed by atoms with Crippen LogP contribution in [0.25, 0.3) is 16.9 Å². The number of nitrogens with zero attached hydrogens (tertiary/aromatic N) is 3. The van der Waals surface area contributed by atoms with Crippen LogP contribution < -0.4 is 14.8 Å². The lowest BCUT2D eigenvalue weighted by Gasteiger charge is -2.13. The second-order valence-electron chi connectivity index (χ2n) is 7.14. The van der Waals surface area contributed by atoms with Gasteiger partial charge in [-0.1, -0.05) is 30.3 Å². The summed E-state index contributed by atoms with van der Waals surface area (Å²) in [6, 6.07) is 16.6. The van der Waals surface area contributed by atoms with E-state index in [4.69, 9.17) is 14.2 Å². The molecule has 0 radical (unpaired) electrons. The van der Waals surface area contributed by atoms with Crippen LogP contribution in [0.4, 0.5) is 5.69 Å². The Kier molecular flexibility index (Phi) is 7.02. The minimum atomic E-state index is -0.698. The van der Waals surface area contributed by atoms with Crippen molar-refractivity contribution in [1.29, 1.82) is 0 Å². The summed E-state index contributed by atoms with van der Waals surface area (Å²) in [6.45, 7) is 4.14. The highest BCUT2D eigenvalue weighted by molar-refractivity contribution is 5.99. The van der Waals surface area contributed by atoms with E-state index in [0.717, 1.165) is 11.3 Å². The SMILES string of the molecule is CCOc1ccc(OCC)c(NC(=O)COC(=O)c2cnn3c(-c4ccccc4)ccnc23)c1. The fourth-order valence-corrected chi connectivity index (χ4v) is 3.40. The van der Waals surface area contributed by atoms with Crippen LogP contribution >= 0.6 is 0 Å². The molecule has 0 aliphatic heterocycles. The second-order valence-corrected chi connectivity index (χ2v) is 7.14. The molecule has 174 valence electrons. The van der Waals surface area contributed by atoms with E-state index >= 15 is 0 Å². The monoisotopic (exact) mass is 460 g/mol. The average molecular weight is 460 g/mol. The van der Waals surface area contributed by atoms with Crippen molar-refractivity contribution in [3.63, 3.8) is 0 Å². The molecule has 0 atom stereocenters. The zero-order valence-corrected chi connectivity index (χ0v) is 18.9. The molecule has 0 bridgehead atoms. The van der Waals surface area contributed by atoms with Crippen molar-refractivity contribution >= 4 is 23.2 Å². The number of ether oxygens (including phenoxy) is 3. The van der Waals surface area contributed by atoms with E-state index < -0.39 is 18.5 Å². The van der Waals surface area contributed by atoms with E-state index in [-0.39, 0.29) is 5.56 Å². The topological polar surface area (TPSA) is 104 Å². The Bertz CT molecular complexity index is 1300. The number of benzene rings is 2. The molecule has 4 aromatic rings. The number of hydrogen-bond donors (Lipinski definition) is 1. The van der Waals surface area contributed by atoms with Gasteiger partial charge in [-0.05, 0) is 32.0 Å². The lowest BCUT2D eigenvalue weighted by atomic mass is 10.1. The van der Waals surface area contributed by atoms with Crippen molar-refractivity contribution < 1.29 is 23.8 Å². The molecule has 9 heteroatoms. The molecule has 1 amide bonds. The number of aromatic nitrogens is 3. The lowest BCUT2D eigenvalue weighted by Crippen LogP contribution is -2.21. The Hall–Kier alpha value is -4.40. The Labute approximate surface area is 196 Å². The Morgan fingerprint density at radius 1 is 1.00 bits per heavy atom. The van der Waals surface area contributed by atoms with Gasteiger partial charge in [0.05, 0.1) is 30.8 Å². The minimum absolute atomic E-state index is 0.166. The summed E-state index contributed by atoms with van der Waals surface area (Å²) in [6.07, 6.45) is 2.98. The quantitative estimate of drug-likeness (QED) is 0.377. The maximum Gasteiger partial charge on any atom is 0.344 e. The highest BCUT2D eigenvalue weighted by atomic mass is 16.5. The number of fused-ring (bicyclic) bond motifs is 1. The smallest absolute Gasteiger partial charge is 0.344 e. The van der Waals surface area contributed by atoms with Crippen molar-refractivity contribution in [2.75, 3.05) is 25.1 Å². The van der Waals surface area contributed by atoms with Crippen LogP contribution in [0.15, 0.2) is 67.0 Å². The van der Waals surface area contributed by atoms with Gasteiger partial charge < -0.3 is 19.5 Å². The molecule has 0 aliphatic carbocycles. The Morgan fingerprint density at radius 3 is 2.56 bits per heavy atom. The molecule has 2 heterocycles. The number of hydrogen-bond acceptors (Lipinski definition) is 7. The molecule has 1 N–H and O–H groups in total. The third kappa shape index (κ3) is 4.98. The number of esters is 1. The molecule has 0 unspecified atom stereocenters. The van der Waals surface area contributed by atoms with Crippen LogP contribution in [0, 0.1) is 0 Å². The highest BCUT2D eigenvalue weighted by Gasteiger charge is 2.19. The maximum absolute atomic E-state index is 12.7. The summed E-state index contributed by atoms with van der Waals surface area (Å²) in [5, 5.41) is 7.00. The summed E-state index contributed by atoms with van der Waals surface area (Å²) in [5.74, 6) is -0.135. The molecule has 34 heavy (non-hydrogen) atoms. The third-order valence-corrected chi connectivity index (χ3v) is 4.86. The number of anilines is 1. The molecule has 0 saturated heterocycles. The number of rotatable bonds is 9. The first-order chi connectivity index (χ1) is 16.6. The maximum atomic E-state index is 12.7. The second kappa shape index (κ2) is 10.5. The summed E-state index contributed by atoms with van der Waals surface area (Å²) in [4.78, 5) is 29.5. The summed E-state index contributed by atoms with van der Waals surface area (Å²) in [5.41, 5.74) is 2.64. The Balaban J connectivity index is 1.46. The standard InChI is InChI=1S/C25H24N4O5/c1-3-32-18-10-11-22(33-4-2)20(14-18)28-23(30)16-34-25(31)19-15-27-29-21(12-13-26-24(19)29)17-8-6-5-7-9-17/h5-15H,3-4,16H2,1-2H3,(H,28,30). The molecule has 0 aliphatic rings. The predicted molar refractivity (Wildman–Crippen MR) is 126 cm³/mol. The van der Waals surface area contributed by atoms with Gasteiger partial charge >= 0.3 is 5.97 Å². The summed E-state index contributed by atoms with van der Waals surface area (Å²) >= 11 is 0. The van der Waals surface area contributed by atoms with Crippen molar-refractivity contribution in [1.82, 2.24) is 14.6 Å². The largest absolute Gasteiger partial charge is 0.494 e. The van der Waals surface area contributed by atoms with Crippen LogP contribution in [0.1, 0.15) is 24.2 Å². The Morgan fingerprint density at radius 2 is 1.79 bits per heavy atom. The first kappa shape index (κ1) is 22.8.